The first-order valence-electron chi connectivity index (χ1n) is 8.73. The van der Waals surface area contributed by atoms with E-state index >= 15 is 0 Å². The number of carbonyl (C=O) groups is 1. The summed E-state index contributed by atoms with van der Waals surface area (Å²) >= 11 is 0. The summed E-state index contributed by atoms with van der Waals surface area (Å²) in [5.41, 5.74) is 0.876. The Morgan fingerprint density at radius 1 is 1.36 bits per heavy atom. The van der Waals surface area contributed by atoms with Crippen molar-refractivity contribution in [3.63, 3.8) is 0 Å². The van der Waals surface area contributed by atoms with E-state index in [-0.39, 0.29) is 18.1 Å². The molecule has 0 spiro atoms. The summed E-state index contributed by atoms with van der Waals surface area (Å²) < 4.78 is 17.1. The molecule has 0 N–H and O–H groups in total. The van der Waals surface area contributed by atoms with Crippen LogP contribution in [0, 0.1) is 12.8 Å². The molecule has 4 rings (SSSR count). The second-order valence-corrected chi connectivity index (χ2v) is 6.72. The number of carbonyl (C=O) groups excluding carboxylic acids is 1. The predicted molar refractivity (Wildman–Crippen MR) is 90.5 cm³/mol. The van der Waals surface area contributed by atoms with Gasteiger partial charge >= 0.3 is 0 Å². The lowest BCUT2D eigenvalue weighted by molar-refractivity contribution is -0.0457. The molecule has 1 saturated carbocycles. The Labute approximate surface area is 146 Å². The van der Waals surface area contributed by atoms with Crippen LogP contribution in [0.3, 0.4) is 0 Å². The van der Waals surface area contributed by atoms with E-state index in [2.05, 4.69) is 4.98 Å². The van der Waals surface area contributed by atoms with Crippen molar-refractivity contribution in [2.75, 3.05) is 19.8 Å². The van der Waals surface area contributed by atoms with Crippen LogP contribution in [0.2, 0.25) is 0 Å². The van der Waals surface area contributed by atoms with Crippen LogP contribution in [-0.2, 0) is 4.74 Å². The summed E-state index contributed by atoms with van der Waals surface area (Å²) in [4.78, 5) is 18.9. The number of furan rings is 1. The number of hydrogen-bond donors (Lipinski definition) is 0. The van der Waals surface area contributed by atoms with E-state index in [1.165, 1.54) is 0 Å². The van der Waals surface area contributed by atoms with Gasteiger partial charge in [-0.05, 0) is 37.8 Å². The highest BCUT2D eigenvalue weighted by molar-refractivity contribution is 5.93. The molecule has 2 aromatic heterocycles. The molecule has 132 valence electrons. The zero-order valence-corrected chi connectivity index (χ0v) is 14.3. The first-order chi connectivity index (χ1) is 12.2. The molecular weight excluding hydrogens is 320 g/mol. The zero-order chi connectivity index (χ0) is 17.2. The average molecular weight is 342 g/mol. The monoisotopic (exact) mass is 342 g/mol. The maximum Gasteiger partial charge on any atom is 0.290 e. The standard InChI is InChI=1S/C19H22N2O4/c1-13-5-8-24-18(13)19(22)21-7-9-23-16-11-14(10-15(16)21)12-25-17-4-2-3-6-20-17/h2-6,8,14-16H,7,9-12H2,1H3/t14-,15+,16+/m0/s1. The molecule has 3 atom stereocenters. The van der Waals surface area contributed by atoms with Gasteiger partial charge in [0.25, 0.3) is 5.91 Å². The molecule has 0 unspecified atom stereocenters. The van der Waals surface area contributed by atoms with Crippen molar-refractivity contribution >= 4 is 5.91 Å². The van der Waals surface area contributed by atoms with Crippen LogP contribution in [0.1, 0.15) is 29.0 Å². The molecule has 2 fully saturated rings. The molecule has 2 aromatic rings. The van der Waals surface area contributed by atoms with Crippen molar-refractivity contribution in [1.82, 2.24) is 9.88 Å². The Morgan fingerprint density at radius 3 is 3.04 bits per heavy atom. The van der Waals surface area contributed by atoms with Gasteiger partial charge in [0.1, 0.15) is 0 Å². The maximum atomic E-state index is 12.8. The van der Waals surface area contributed by atoms with Crippen LogP contribution in [0.25, 0.3) is 0 Å². The number of fused-ring (bicyclic) bond motifs is 1. The number of ether oxygens (including phenoxy) is 2. The molecule has 1 aliphatic heterocycles. The molecule has 0 aromatic carbocycles. The molecule has 1 aliphatic carbocycles. The molecule has 1 saturated heterocycles. The summed E-state index contributed by atoms with van der Waals surface area (Å²) in [6, 6.07) is 7.54. The van der Waals surface area contributed by atoms with Crippen LogP contribution in [0.4, 0.5) is 0 Å². The smallest absolute Gasteiger partial charge is 0.290 e. The van der Waals surface area contributed by atoms with Gasteiger partial charge in [-0.1, -0.05) is 6.07 Å². The Hall–Kier alpha value is -2.34. The first-order valence-corrected chi connectivity index (χ1v) is 8.73. The van der Waals surface area contributed by atoms with E-state index in [4.69, 9.17) is 13.9 Å². The molecule has 0 bridgehead atoms. The number of pyridine rings is 1. The fourth-order valence-corrected chi connectivity index (χ4v) is 3.80. The lowest BCUT2D eigenvalue weighted by atomic mass is 10.1. The van der Waals surface area contributed by atoms with Crippen molar-refractivity contribution in [3.8, 4) is 5.88 Å². The quantitative estimate of drug-likeness (QED) is 0.855. The van der Waals surface area contributed by atoms with Crippen LogP contribution >= 0.6 is 0 Å². The second-order valence-electron chi connectivity index (χ2n) is 6.72. The molecule has 0 radical (unpaired) electrons. The van der Waals surface area contributed by atoms with E-state index in [9.17, 15) is 4.79 Å². The molecule has 2 aliphatic rings. The highest BCUT2D eigenvalue weighted by Crippen LogP contribution is 2.35. The lowest BCUT2D eigenvalue weighted by Crippen LogP contribution is -2.51. The number of morpholine rings is 1. The van der Waals surface area contributed by atoms with Crippen molar-refractivity contribution in [2.24, 2.45) is 5.92 Å². The Balaban J connectivity index is 1.42. The van der Waals surface area contributed by atoms with E-state index in [1.807, 2.05) is 36.1 Å². The van der Waals surface area contributed by atoms with Gasteiger partial charge in [-0.15, -0.1) is 0 Å². The molecular formula is C19H22N2O4. The van der Waals surface area contributed by atoms with E-state index in [1.54, 1.807) is 12.5 Å². The topological polar surface area (TPSA) is 64.8 Å². The zero-order valence-electron chi connectivity index (χ0n) is 14.3. The number of hydrogen-bond acceptors (Lipinski definition) is 5. The number of amides is 1. The number of nitrogens with zero attached hydrogens (tertiary/aromatic N) is 2. The largest absolute Gasteiger partial charge is 0.477 e. The predicted octanol–water partition coefficient (Wildman–Crippen LogP) is 2.68. The number of aromatic nitrogens is 1. The fourth-order valence-electron chi connectivity index (χ4n) is 3.80. The van der Waals surface area contributed by atoms with Gasteiger partial charge in [-0.3, -0.25) is 4.79 Å². The third-order valence-electron chi connectivity index (χ3n) is 5.06. The third kappa shape index (κ3) is 3.26. The fraction of sp³-hybridized carbons (Fsp3) is 0.474. The minimum Gasteiger partial charge on any atom is -0.477 e. The molecule has 6 heteroatoms. The normalized spacial score (nSPS) is 25.6. The Kier molecular flexibility index (Phi) is 4.44. The van der Waals surface area contributed by atoms with Gasteiger partial charge in [0.15, 0.2) is 5.76 Å². The van der Waals surface area contributed by atoms with E-state index < -0.39 is 0 Å². The van der Waals surface area contributed by atoms with Gasteiger partial charge in [0.05, 0.1) is 31.6 Å². The maximum absolute atomic E-state index is 12.8. The number of rotatable bonds is 4. The van der Waals surface area contributed by atoms with Crippen LogP contribution < -0.4 is 4.74 Å². The summed E-state index contributed by atoms with van der Waals surface area (Å²) in [5, 5.41) is 0. The molecule has 6 nitrogen and oxygen atoms in total. The third-order valence-corrected chi connectivity index (χ3v) is 5.06. The molecule has 3 heterocycles. The van der Waals surface area contributed by atoms with Gasteiger partial charge < -0.3 is 18.8 Å². The molecule has 25 heavy (non-hydrogen) atoms. The lowest BCUT2D eigenvalue weighted by Gasteiger charge is -2.37. The summed E-state index contributed by atoms with van der Waals surface area (Å²) in [7, 11) is 0. The summed E-state index contributed by atoms with van der Waals surface area (Å²) in [6.07, 6.45) is 5.14. The summed E-state index contributed by atoms with van der Waals surface area (Å²) in [6.45, 7) is 3.66. The van der Waals surface area contributed by atoms with Crippen LogP contribution in [0.5, 0.6) is 5.88 Å². The first kappa shape index (κ1) is 16.1. The van der Waals surface area contributed by atoms with Crippen LogP contribution in [-0.4, -0.2) is 47.7 Å². The van der Waals surface area contributed by atoms with Gasteiger partial charge in [-0.25, -0.2) is 4.98 Å². The highest BCUT2D eigenvalue weighted by Gasteiger charge is 2.43. The summed E-state index contributed by atoms with van der Waals surface area (Å²) in [5.74, 6) is 1.39. The van der Waals surface area contributed by atoms with E-state index in [0.717, 1.165) is 18.4 Å². The van der Waals surface area contributed by atoms with Crippen molar-refractivity contribution in [2.45, 2.75) is 31.9 Å². The Bertz CT molecular complexity index is 730. The minimum atomic E-state index is -0.0351. The van der Waals surface area contributed by atoms with Crippen LogP contribution in [0.15, 0.2) is 41.1 Å². The minimum absolute atomic E-state index is 0.0351. The van der Waals surface area contributed by atoms with Crippen molar-refractivity contribution in [1.29, 1.82) is 0 Å². The van der Waals surface area contributed by atoms with Crippen molar-refractivity contribution < 1.29 is 18.7 Å². The van der Waals surface area contributed by atoms with Crippen molar-refractivity contribution in [3.05, 3.63) is 48.0 Å². The number of aryl methyl sites for hydroxylation is 1. The van der Waals surface area contributed by atoms with Gasteiger partial charge in [0, 0.05) is 24.4 Å². The molecule has 1 amide bonds. The SMILES string of the molecule is Cc1ccoc1C(=O)N1CCO[C@@H]2C[C@@H](COc3ccccn3)C[C@H]21. The van der Waals surface area contributed by atoms with E-state index in [0.29, 0.717) is 37.3 Å². The Morgan fingerprint density at radius 2 is 2.28 bits per heavy atom. The second kappa shape index (κ2) is 6.88. The average Bonchev–Trinajstić information content (AvgIpc) is 3.25. The van der Waals surface area contributed by atoms with Gasteiger partial charge in [0.2, 0.25) is 5.88 Å². The highest BCUT2D eigenvalue weighted by atomic mass is 16.5. The van der Waals surface area contributed by atoms with Gasteiger partial charge in [-0.2, -0.15) is 0 Å².